The predicted octanol–water partition coefficient (Wildman–Crippen LogP) is 1.59. The number of carbonyl (C=O) groups excluding carboxylic acids is 1. The molecule has 7 heteroatoms. The molecule has 0 aliphatic carbocycles. The lowest BCUT2D eigenvalue weighted by atomic mass is 10.3. The van der Waals surface area contributed by atoms with Gasteiger partial charge in [0, 0.05) is 34.9 Å². The smallest absolute Gasteiger partial charge is 0.227 e. The van der Waals surface area contributed by atoms with Gasteiger partial charge in [-0.1, -0.05) is 11.3 Å². The summed E-state index contributed by atoms with van der Waals surface area (Å²) in [7, 11) is -0.956. The topological polar surface area (TPSA) is 85.1 Å². The maximum atomic E-state index is 11.6. The second kappa shape index (κ2) is 5.45. The van der Waals surface area contributed by atoms with Gasteiger partial charge in [-0.3, -0.25) is 9.00 Å². The van der Waals surface area contributed by atoms with E-state index < -0.39 is 10.8 Å². The Hall–Kier alpha value is -1.47. The summed E-state index contributed by atoms with van der Waals surface area (Å²) in [5.74, 6) is 0.196. The number of hydrogen-bond acceptors (Lipinski definition) is 5. The molecule has 0 radical (unpaired) electrons. The summed E-state index contributed by atoms with van der Waals surface area (Å²) in [6, 6.07) is 5.41. The summed E-state index contributed by atoms with van der Waals surface area (Å²) in [6.45, 7) is 0. The van der Waals surface area contributed by atoms with Crippen molar-refractivity contribution in [1.82, 2.24) is 4.98 Å². The molecule has 0 bridgehead atoms. The van der Waals surface area contributed by atoms with Crippen LogP contribution in [0.25, 0.3) is 10.2 Å². The Morgan fingerprint density at radius 3 is 3.06 bits per heavy atom. The summed E-state index contributed by atoms with van der Waals surface area (Å²) in [5.41, 5.74) is 7.15. The van der Waals surface area contributed by atoms with Crippen molar-refractivity contribution in [2.75, 3.05) is 23.1 Å². The molecule has 1 heterocycles. The van der Waals surface area contributed by atoms with Crippen molar-refractivity contribution in [3.8, 4) is 0 Å². The predicted molar refractivity (Wildman–Crippen MR) is 76.2 cm³/mol. The third-order valence-corrected chi connectivity index (χ3v) is 3.99. The molecule has 1 amide bonds. The maximum absolute atomic E-state index is 11.6. The molecule has 0 saturated heterocycles. The van der Waals surface area contributed by atoms with E-state index in [9.17, 15) is 9.00 Å². The van der Waals surface area contributed by atoms with Crippen LogP contribution in [0.1, 0.15) is 6.42 Å². The molecule has 1 unspecified atom stereocenters. The number of fused-ring (bicyclic) bond motifs is 1. The number of nitrogens with zero attached hydrogens (tertiary/aromatic N) is 1. The van der Waals surface area contributed by atoms with E-state index >= 15 is 0 Å². The normalized spacial score (nSPS) is 12.5. The molecule has 1 aromatic carbocycles. The molecule has 5 nitrogen and oxygen atoms in total. The second-order valence-corrected chi connectivity index (χ2v) is 6.41. The summed E-state index contributed by atoms with van der Waals surface area (Å²) < 4.78 is 11.8. The summed E-state index contributed by atoms with van der Waals surface area (Å²) >= 11 is 1.38. The van der Waals surface area contributed by atoms with Crippen molar-refractivity contribution in [2.24, 2.45) is 0 Å². The van der Waals surface area contributed by atoms with Gasteiger partial charge in [-0.05, 0) is 18.2 Å². The van der Waals surface area contributed by atoms with Crippen molar-refractivity contribution >= 4 is 49.1 Å². The van der Waals surface area contributed by atoms with Gasteiger partial charge < -0.3 is 11.1 Å². The van der Waals surface area contributed by atoms with Crippen LogP contribution in [0.15, 0.2) is 18.2 Å². The van der Waals surface area contributed by atoms with Crippen molar-refractivity contribution in [2.45, 2.75) is 6.42 Å². The molecule has 0 aliphatic rings. The average Bonchev–Trinajstić information content (AvgIpc) is 2.67. The van der Waals surface area contributed by atoms with Crippen LogP contribution in [0, 0.1) is 0 Å². The van der Waals surface area contributed by atoms with Crippen LogP contribution in [0.2, 0.25) is 0 Å². The highest BCUT2D eigenvalue weighted by Gasteiger charge is 2.08. The van der Waals surface area contributed by atoms with Crippen LogP contribution in [-0.2, 0) is 15.6 Å². The van der Waals surface area contributed by atoms with E-state index in [4.69, 9.17) is 5.73 Å². The van der Waals surface area contributed by atoms with Gasteiger partial charge in [-0.2, -0.15) is 0 Å². The largest absolute Gasteiger partial charge is 0.399 e. The molecule has 2 aromatic rings. The number of amides is 1. The average molecular weight is 283 g/mol. The third-order valence-electron chi connectivity index (χ3n) is 2.28. The number of nitrogens with two attached hydrogens (primary N) is 1. The second-order valence-electron chi connectivity index (χ2n) is 3.82. The Balaban J connectivity index is 2.07. The Morgan fingerprint density at radius 2 is 2.33 bits per heavy atom. The number of carbonyl (C=O) groups is 1. The fourth-order valence-electron chi connectivity index (χ4n) is 1.41. The molecule has 0 aliphatic heterocycles. The van der Waals surface area contributed by atoms with E-state index in [-0.39, 0.29) is 12.3 Å². The van der Waals surface area contributed by atoms with Gasteiger partial charge in [0.05, 0.1) is 10.2 Å². The van der Waals surface area contributed by atoms with E-state index in [1.807, 2.05) is 12.1 Å². The first-order valence-corrected chi connectivity index (χ1v) is 7.85. The van der Waals surface area contributed by atoms with Crippen molar-refractivity contribution < 1.29 is 9.00 Å². The number of anilines is 2. The zero-order valence-corrected chi connectivity index (χ0v) is 11.4. The Morgan fingerprint density at radius 1 is 1.56 bits per heavy atom. The van der Waals surface area contributed by atoms with Crippen molar-refractivity contribution in [3.63, 3.8) is 0 Å². The molecular weight excluding hydrogens is 270 g/mol. The minimum atomic E-state index is -0.956. The van der Waals surface area contributed by atoms with Gasteiger partial charge in [-0.25, -0.2) is 4.98 Å². The maximum Gasteiger partial charge on any atom is 0.227 e. The van der Waals surface area contributed by atoms with Crippen LogP contribution in [0.4, 0.5) is 10.8 Å². The minimum Gasteiger partial charge on any atom is -0.399 e. The van der Waals surface area contributed by atoms with E-state index in [1.165, 1.54) is 11.3 Å². The minimum absolute atomic E-state index is 0.169. The molecule has 1 aromatic heterocycles. The summed E-state index contributed by atoms with van der Waals surface area (Å²) in [6.07, 6.45) is 1.81. The number of rotatable bonds is 4. The molecule has 18 heavy (non-hydrogen) atoms. The lowest BCUT2D eigenvalue weighted by molar-refractivity contribution is -0.115. The molecule has 2 rings (SSSR count). The lowest BCUT2D eigenvalue weighted by Gasteiger charge is -1.99. The highest BCUT2D eigenvalue weighted by atomic mass is 32.2. The Kier molecular flexibility index (Phi) is 3.93. The van der Waals surface area contributed by atoms with Crippen LogP contribution < -0.4 is 11.1 Å². The van der Waals surface area contributed by atoms with Crippen LogP contribution in [0.3, 0.4) is 0 Å². The van der Waals surface area contributed by atoms with Crippen LogP contribution >= 0.6 is 11.3 Å². The number of benzene rings is 1. The zero-order chi connectivity index (χ0) is 13.1. The highest BCUT2D eigenvalue weighted by molar-refractivity contribution is 7.84. The number of aromatic nitrogens is 1. The summed E-state index contributed by atoms with van der Waals surface area (Å²) in [4.78, 5) is 15.8. The molecule has 0 fully saturated rings. The first-order chi connectivity index (χ1) is 8.54. The van der Waals surface area contributed by atoms with Crippen molar-refractivity contribution in [3.05, 3.63) is 18.2 Å². The van der Waals surface area contributed by atoms with Gasteiger partial charge in [0.15, 0.2) is 5.13 Å². The van der Waals surface area contributed by atoms with Gasteiger partial charge in [0.2, 0.25) is 5.91 Å². The Bertz CT molecular complexity index is 609. The van der Waals surface area contributed by atoms with Gasteiger partial charge in [0.25, 0.3) is 0 Å². The zero-order valence-electron chi connectivity index (χ0n) is 9.80. The molecule has 1 atom stereocenters. The molecule has 0 spiro atoms. The van der Waals surface area contributed by atoms with Gasteiger partial charge in [-0.15, -0.1) is 0 Å². The fourth-order valence-corrected chi connectivity index (χ4v) is 2.82. The monoisotopic (exact) mass is 283 g/mol. The first-order valence-electron chi connectivity index (χ1n) is 5.30. The van der Waals surface area contributed by atoms with Crippen LogP contribution in [-0.4, -0.2) is 27.1 Å². The van der Waals surface area contributed by atoms with Gasteiger partial charge in [0.1, 0.15) is 0 Å². The summed E-state index contributed by atoms with van der Waals surface area (Å²) in [5, 5.41) is 3.24. The number of nitrogen functional groups attached to an aromatic ring is 1. The lowest BCUT2D eigenvalue weighted by Crippen LogP contribution is -2.14. The highest BCUT2D eigenvalue weighted by Crippen LogP contribution is 2.27. The number of nitrogens with one attached hydrogen (secondary N) is 1. The van der Waals surface area contributed by atoms with Gasteiger partial charge >= 0.3 is 0 Å². The van der Waals surface area contributed by atoms with E-state index in [1.54, 1.807) is 12.3 Å². The first kappa shape index (κ1) is 13.0. The fraction of sp³-hybridized carbons (Fsp3) is 0.273. The third kappa shape index (κ3) is 3.27. The molecule has 96 valence electrons. The number of hydrogen-bond donors (Lipinski definition) is 2. The standard InChI is InChI=1S/C11H13N3O2S2/c1-18(16)5-4-10(15)14-11-13-8-3-2-7(12)6-9(8)17-11/h2-3,6H,4-5,12H2,1H3,(H,13,14,15). The molecule has 3 N–H and O–H groups in total. The number of thiazole rings is 1. The molecule has 0 saturated carbocycles. The van der Waals surface area contributed by atoms with Crippen molar-refractivity contribution in [1.29, 1.82) is 0 Å². The van der Waals surface area contributed by atoms with E-state index in [2.05, 4.69) is 10.3 Å². The van der Waals surface area contributed by atoms with E-state index in [0.29, 0.717) is 16.6 Å². The SMILES string of the molecule is CS(=O)CCC(=O)Nc1nc2ccc(N)cc2s1. The quantitative estimate of drug-likeness (QED) is 0.834. The van der Waals surface area contributed by atoms with Crippen LogP contribution in [0.5, 0.6) is 0 Å². The molecular formula is C11H13N3O2S2. The van der Waals surface area contributed by atoms with E-state index in [0.717, 1.165) is 10.2 Å². The Labute approximate surface area is 111 Å².